The van der Waals surface area contributed by atoms with E-state index in [4.69, 9.17) is 0 Å². The molecule has 0 spiro atoms. The third kappa shape index (κ3) is 4.60. The highest BCUT2D eigenvalue weighted by Crippen LogP contribution is 2.33. The van der Waals surface area contributed by atoms with Crippen LogP contribution in [0, 0.1) is 11.6 Å². The van der Waals surface area contributed by atoms with Gasteiger partial charge in [-0.05, 0) is 37.1 Å². The van der Waals surface area contributed by atoms with E-state index in [1.165, 1.54) is 17.6 Å². The molecule has 162 valence electrons. The summed E-state index contributed by atoms with van der Waals surface area (Å²) in [6, 6.07) is 4.64. The van der Waals surface area contributed by atoms with Gasteiger partial charge in [-0.1, -0.05) is 0 Å². The number of benzene rings is 1. The zero-order chi connectivity index (χ0) is 22.2. The average molecular weight is 448 g/mol. The summed E-state index contributed by atoms with van der Waals surface area (Å²) in [7, 11) is 3.29. The number of aryl methyl sites for hydroxylation is 1. The van der Waals surface area contributed by atoms with Crippen LogP contribution in [0.4, 0.5) is 27.6 Å². The van der Waals surface area contributed by atoms with E-state index in [1.807, 2.05) is 0 Å². The number of carbonyl (C=O) groups excluding carboxylic acids is 1. The summed E-state index contributed by atoms with van der Waals surface area (Å²) < 4.78 is 73.3. The molecule has 0 saturated heterocycles. The number of nitrogens with one attached hydrogen (secondary N) is 2. The minimum atomic E-state index is -4.79. The molecular weight excluding hydrogens is 431 g/mol. The molecule has 0 aliphatic heterocycles. The lowest BCUT2D eigenvalue weighted by atomic mass is 10.2. The van der Waals surface area contributed by atoms with Crippen LogP contribution in [0.3, 0.4) is 0 Å². The van der Waals surface area contributed by atoms with E-state index < -0.39 is 30.1 Å². The van der Waals surface area contributed by atoms with Crippen molar-refractivity contribution >= 4 is 34.4 Å². The van der Waals surface area contributed by atoms with E-state index in [2.05, 4.69) is 14.8 Å². The fourth-order valence-electron chi connectivity index (χ4n) is 2.95. The molecule has 0 bridgehead atoms. The summed E-state index contributed by atoms with van der Waals surface area (Å²) in [5.41, 5.74) is 0.859. The van der Waals surface area contributed by atoms with E-state index in [9.17, 15) is 26.7 Å². The second kappa shape index (κ2) is 8.28. The molecule has 30 heavy (non-hydrogen) atoms. The third-order valence-corrected chi connectivity index (χ3v) is 5.31. The molecule has 12 heteroatoms. The monoisotopic (exact) mass is 448 g/mol. The number of hydrogen-bond acceptors (Lipinski definition) is 4. The standard InChI is InChI=1S/C18H17F5N4O2S/c1-9(29-18(21,22)23)25-30-17-15-11(6-7-26(15)2)14(27(17)3)16(28)24-10-4-5-12(19)13(20)8-10/h4-9,25H,1-3H3,(H,24,28). The van der Waals surface area contributed by atoms with Crippen LogP contribution >= 0.6 is 11.9 Å². The molecule has 2 heterocycles. The number of fused-ring (bicyclic) bond motifs is 1. The van der Waals surface area contributed by atoms with Crippen molar-refractivity contribution in [1.82, 2.24) is 13.9 Å². The fourth-order valence-corrected chi connectivity index (χ4v) is 3.85. The van der Waals surface area contributed by atoms with Gasteiger partial charge in [-0.25, -0.2) is 13.5 Å². The normalized spacial score (nSPS) is 13.1. The SMILES string of the molecule is CC(NSc1c2c(ccn2C)c(C(=O)Nc2ccc(F)c(F)c2)n1C)OC(F)(F)F. The van der Waals surface area contributed by atoms with Crippen LogP contribution in [0.15, 0.2) is 35.5 Å². The van der Waals surface area contributed by atoms with Crippen LogP contribution in [-0.2, 0) is 18.8 Å². The van der Waals surface area contributed by atoms with Crippen molar-refractivity contribution in [3.8, 4) is 0 Å². The molecule has 1 aromatic carbocycles. The molecule has 6 nitrogen and oxygen atoms in total. The molecule has 0 fully saturated rings. The number of nitrogens with zero attached hydrogens (tertiary/aromatic N) is 2. The molecule has 0 saturated carbocycles. The highest BCUT2D eigenvalue weighted by molar-refractivity contribution is 7.97. The van der Waals surface area contributed by atoms with E-state index >= 15 is 0 Å². The number of amides is 1. The number of anilines is 1. The van der Waals surface area contributed by atoms with E-state index in [1.54, 1.807) is 30.9 Å². The topological polar surface area (TPSA) is 60.2 Å². The predicted molar refractivity (Wildman–Crippen MR) is 102 cm³/mol. The Morgan fingerprint density at radius 2 is 1.87 bits per heavy atom. The maximum atomic E-state index is 13.4. The Bertz CT molecular complexity index is 1090. The first-order chi connectivity index (χ1) is 14.0. The van der Waals surface area contributed by atoms with Crippen molar-refractivity contribution in [3.05, 3.63) is 47.8 Å². The number of halogens is 5. The largest absolute Gasteiger partial charge is 0.524 e. The Kier molecular flexibility index (Phi) is 6.11. The van der Waals surface area contributed by atoms with Crippen molar-refractivity contribution in [1.29, 1.82) is 0 Å². The van der Waals surface area contributed by atoms with Gasteiger partial charge in [0.15, 0.2) is 11.6 Å². The Morgan fingerprint density at radius 1 is 1.17 bits per heavy atom. The molecule has 0 aliphatic carbocycles. The molecule has 3 rings (SSSR count). The van der Waals surface area contributed by atoms with Crippen LogP contribution in [0.1, 0.15) is 17.4 Å². The second-order valence-electron chi connectivity index (χ2n) is 6.41. The number of carbonyl (C=O) groups is 1. The Labute approximate surface area is 172 Å². The van der Waals surface area contributed by atoms with Gasteiger partial charge >= 0.3 is 6.36 Å². The van der Waals surface area contributed by atoms with Gasteiger partial charge in [0.1, 0.15) is 16.9 Å². The van der Waals surface area contributed by atoms with Crippen molar-refractivity contribution in [2.24, 2.45) is 14.1 Å². The first kappa shape index (κ1) is 22.1. The second-order valence-corrected chi connectivity index (χ2v) is 7.24. The zero-order valence-corrected chi connectivity index (χ0v) is 16.8. The van der Waals surface area contributed by atoms with Gasteiger partial charge in [0, 0.05) is 37.4 Å². The summed E-state index contributed by atoms with van der Waals surface area (Å²) in [6.07, 6.45) is -4.45. The number of ether oxygens (including phenoxy) is 1. The van der Waals surface area contributed by atoms with E-state index in [0.717, 1.165) is 24.1 Å². The molecule has 2 aromatic heterocycles. The van der Waals surface area contributed by atoms with E-state index in [-0.39, 0.29) is 11.4 Å². The lowest BCUT2D eigenvalue weighted by molar-refractivity contribution is -0.341. The van der Waals surface area contributed by atoms with Gasteiger partial charge in [-0.2, -0.15) is 0 Å². The number of aromatic nitrogens is 2. The molecule has 3 aromatic rings. The highest BCUT2D eigenvalue weighted by atomic mass is 32.2. The van der Waals surface area contributed by atoms with Crippen LogP contribution < -0.4 is 10.0 Å². The van der Waals surface area contributed by atoms with Gasteiger partial charge in [0.25, 0.3) is 5.91 Å². The summed E-state index contributed by atoms with van der Waals surface area (Å²) in [5, 5.41) is 3.50. The molecule has 1 amide bonds. The summed E-state index contributed by atoms with van der Waals surface area (Å²) in [5.74, 6) is -2.74. The van der Waals surface area contributed by atoms with Crippen LogP contribution in [0.2, 0.25) is 0 Å². The maximum absolute atomic E-state index is 13.4. The molecular formula is C18H17F5N4O2S. The van der Waals surface area contributed by atoms with Gasteiger partial charge in [-0.15, -0.1) is 13.2 Å². The molecule has 0 radical (unpaired) electrons. The highest BCUT2D eigenvalue weighted by Gasteiger charge is 2.32. The molecule has 0 aliphatic rings. The average Bonchev–Trinajstić information content (AvgIpc) is 3.12. The third-order valence-electron chi connectivity index (χ3n) is 4.19. The number of rotatable bonds is 6. The Morgan fingerprint density at radius 3 is 2.50 bits per heavy atom. The summed E-state index contributed by atoms with van der Waals surface area (Å²) in [6.45, 7) is 1.20. The maximum Gasteiger partial charge on any atom is 0.524 e. The summed E-state index contributed by atoms with van der Waals surface area (Å²) in [4.78, 5) is 12.8. The molecule has 2 N–H and O–H groups in total. The van der Waals surface area contributed by atoms with Gasteiger partial charge in [0.2, 0.25) is 0 Å². The van der Waals surface area contributed by atoms with Crippen molar-refractivity contribution in [2.75, 3.05) is 5.32 Å². The van der Waals surface area contributed by atoms with Crippen LogP contribution in [0.5, 0.6) is 0 Å². The van der Waals surface area contributed by atoms with E-state index in [0.29, 0.717) is 15.9 Å². The molecule has 1 atom stereocenters. The lowest BCUT2D eigenvalue weighted by Crippen LogP contribution is -2.30. The Balaban J connectivity index is 1.89. The predicted octanol–water partition coefficient (Wildman–Crippen LogP) is 4.53. The number of hydrogen-bond donors (Lipinski definition) is 2. The van der Waals surface area contributed by atoms with Crippen molar-refractivity contribution in [3.63, 3.8) is 0 Å². The van der Waals surface area contributed by atoms with Crippen LogP contribution in [-0.4, -0.2) is 27.6 Å². The van der Waals surface area contributed by atoms with Crippen LogP contribution in [0.25, 0.3) is 10.9 Å². The minimum absolute atomic E-state index is 0.0590. The Hall–Kier alpha value is -2.57. The van der Waals surface area contributed by atoms with Gasteiger partial charge < -0.3 is 14.5 Å². The summed E-state index contributed by atoms with van der Waals surface area (Å²) >= 11 is 0.871. The lowest BCUT2D eigenvalue weighted by Gasteiger charge is -2.16. The smallest absolute Gasteiger partial charge is 0.348 e. The van der Waals surface area contributed by atoms with Gasteiger partial charge in [0.05, 0.1) is 5.52 Å². The van der Waals surface area contributed by atoms with Gasteiger partial charge in [-0.3, -0.25) is 9.53 Å². The van der Waals surface area contributed by atoms with Crippen molar-refractivity contribution in [2.45, 2.75) is 24.5 Å². The first-order valence-electron chi connectivity index (χ1n) is 8.55. The zero-order valence-electron chi connectivity index (χ0n) is 16.0. The first-order valence-corrected chi connectivity index (χ1v) is 9.36. The molecule has 1 unspecified atom stereocenters. The minimum Gasteiger partial charge on any atom is -0.348 e. The van der Waals surface area contributed by atoms with Crippen molar-refractivity contribution < 1.29 is 31.5 Å². The quantitative estimate of drug-likeness (QED) is 0.331. The number of alkyl halides is 3. The fraction of sp³-hybridized carbons (Fsp3) is 0.278.